The van der Waals surface area contributed by atoms with E-state index in [0.717, 1.165) is 0 Å². The average molecular weight is 206 g/mol. The molecule has 0 fully saturated rings. The van der Waals surface area contributed by atoms with Crippen LogP contribution in [0.2, 0.25) is 5.02 Å². The first-order valence-electron chi connectivity index (χ1n) is 3.77. The van der Waals surface area contributed by atoms with Crippen molar-refractivity contribution in [2.24, 2.45) is 5.73 Å². The SMILES string of the molecule is CC(C)(N)c1ccc(Cl)c(F)c1F. The Hall–Kier alpha value is -0.670. The highest BCUT2D eigenvalue weighted by atomic mass is 35.5. The van der Waals surface area contributed by atoms with Gasteiger partial charge < -0.3 is 5.73 Å². The van der Waals surface area contributed by atoms with Crippen LogP contribution in [0, 0.1) is 11.6 Å². The van der Waals surface area contributed by atoms with Gasteiger partial charge in [-0.25, -0.2) is 8.78 Å². The van der Waals surface area contributed by atoms with Gasteiger partial charge in [0, 0.05) is 11.1 Å². The fraction of sp³-hybridized carbons (Fsp3) is 0.333. The normalized spacial score (nSPS) is 11.8. The fourth-order valence-corrected chi connectivity index (χ4v) is 1.17. The molecular weight excluding hydrogens is 196 g/mol. The van der Waals surface area contributed by atoms with Gasteiger partial charge in [-0.05, 0) is 19.9 Å². The first-order valence-corrected chi connectivity index (χ1v) is 4.14. The quantitative estimate of drug-likeness (QED) is 0.701. The minimum atomic E-state index is -1.04. The van der Waals surface area contributed by atoms with Crippen molar-refractivity contribution < 1.29 is 8.78 Å². The Morgan fingerprint density at radius 1 is 1.23 bits per heavy atom. The average Bonchev–Trinajstić information content (AvgIpc) is 1.98. The minimum absolute atomic E-state index is 0.120. The number of rotatable bonds is 1. The van der Waals surface area contributed by atoms with Crippen LogP contribution in [-0.2, 0) is 5.54 Å². The molecule has 0 spiro atoms. The molecule has 0 aliphatic carbocycles. The van der Waals surface area contributed by atoms with E-state index in [1.807, 2.05) is 0 Å². The summed E-state index contributed by atoms with van der Waals surface area (Å²) < 4.78 is 26.2. The highest BCUT2D eigenvalue weighted by Crippen LogP contribution is 2.26. The lowest BCUT2D eigenvalue weighted by Gasteiger charge is -2.20. The number of nitrogens with two attached hydrogens (primary N) is 1. The third kappa shape index (κ3) is 1.98. The third-order valence-corrected chi connectivity index (χ3v) is 2.02. The van der Waals surface area contributed by atoms with Crippen molar-refractivity contribution in [2.75, 3.05) is 0 Å². The highest BCUT2D eigenvalue weighted by Gasteiger charge is 2.22. The fourth-order valence-electron chi connectivity index (χ4n) is 1.02. The van der Waals surface area contributed by atoms with Gasteiger partial charge in [-0.2, -0.15) is 0 Å². The Labute approximate surface area is 80.5 Å². The molecule has 72 valence electrons. The first-order chi connectivity index (χ1) is 5.84. The van der Waals surface area contributed by atoms with Crippen molar-refractivity contribution in [3.8, 4) is 0 Å². The standard InChI is InChI=1S/C9H10ClF2N/c1-9(2,13)5-3-4-6(10)8(12)7(5)11/h3-4H,13H2,1-2H3. The highest BCUT2D eigenvalue weighted by molar-refractivity contribution is 6.30. The summed E-state index contributed by atoms with van der Waals surface area (Å²) in [5.41, 5.74) is 4.84. The molecule has 0 unspecified atom stereocenters. The molecular formula is C9H10ClF2N. The van der Waals surface area contributed by atoms with Crippen LogP contribution in [0.1, 0.15) is 19.4 Å². The van der Waals surface area contributed by atoms with Crippen molar-refractivity contribution in [1.29, 1.82) is 0 Å². The van der Waals surface area contributed by atoms with Gasteiger partial charge in [-0.3, -0.25) is 0 Å². The maximum Gasteiger partial charge on any atom is 0.177 e. The Bertz CT molecular complexity index is 331. The summed E-state index contributed by atoms with van der Waals surface area (Å²) in [5, 5.41) is -0.231. The Balaban J connectivity index is 3.35. The van der Waals surface area contributed by atoms with Gasteiger partial charge in [0.25, 0.3) is 0 Å². The van der Waals surface area contributed by atoms with Crippen LogP contribution < -0.4 is 5.73 Å². The topological polar surface area (TPSA) is 26.0 Å². The minimum Gasteiger partial charge on any atom is -0.322 e. The molecule has 0 aromatic heterocycles. The molecule has 13 heavy (non-hydrogen) atoms. The van der Waals surface area contributed by atoms with Crippen molar-refractivity contribution >= 4 is 11.6 Å². The Kier molecular flexibility index (Phi) is 2.59. The van der Waals surface area contributed by atoms with Crippen LogP contribution in [-0.4, -0.2) is 0 Å². The molecule has 4 heteroatoms. The third-order valence-electron chi connectivity index (χ3n) is 1.73. The predicted octanol–water partition coefficient (Wildman–Crippen LogP) is 2.81. The molecule has 1 nitrogen and oxygen atoms in total. The van der Waals surface area contributed by atoms with Crippen LogP contribution in [0.15, 0.2) is 12.1 Å². The van der Waals surface area contributed by atoms with Gasteiger partial charge in [-0.1, -0.05) is 17.7 Å². The lowest BCUT2D eigenvalue weighted by Crippen LogP contribution is -2.30. The molecule has 0 aliphatic heterocycles. The van der Waals surface area contributed by atoms with Gasteiger partial charge in [0.1, 0.15) is 0 Å². The zero-order valence-corrected chi connectivity index (χ0v) is 8.12. The van der Waals surface area contributed by atoms with Gasteiger partial charge in [0.05, 0.1) is 5.02 Å². The Morgan fingerprint density at radius 3 is 2.23 bits per heavy atom. The van der Waals surface area contributed by atoms with Crippen molar-refractivity contribution in [3.63, 3.8) is 0 Å². The molecule has 2 N–H and O–H groups in total. The molecule has 0 radical (unpaired) electrons. The lowest BCUT2D eigenvalue weighted by molar-refractivity contribution is 0.455. The largest absolute Gasteiger partial charge is 0.322 e. The summed E-state index contributed by atoms with van der Waals surface area (Å²) in [6, 6.07) is 2.69. The van der Waals surface area contributed by atoms with Gasteiger partial charge in [0.2, 0.25) is 0 Å². The van der Waals surface area contributed by atoms with E-state index in [-0.39, 0.29) is 10.6 Å². The second-order valence-electron chi connectivity index (χ2n) is 3.44. The molecule has 0 atom stereocenters. The van der Waals surface area contributed by atoms with E-state index in [4.69, 9.17) is 17.3 Å². The molecule has 1 rings (SSSR count). The maximum atomic E-state index is 13.2. The molecule has 0 amide bonds. The number of hydrogen-bond acceptors (Lipinski definition) is 1. The van der Waals surface area contributed by atoms with Gasteiger partial charge in [0.15, 0.2) is 11.6 Å². The molecule has 0 aliphatic rings. The van der Waals surface area contributed by atoms with E-state index < -0.39 is 17.2 Å². The second-order valence-corrected chi connectivity index (χ2v) is 3.85. The molecule has 0 saturated carbocycles. The van der Waals surface area contributed by atoms with Crippen LogP contribution in [0.5, 0.6) is 0 Å². The first kappa shape index (κ1) is 10.4. The number of benzene rings is 1. The number of halogens is 3. The van der Waals surface area contributed by atoms with Crippen molar-refractivity contribution in [3.05, 3.63) is 34.4 Å². The van der Waals surface area contributed by atoms with E-state index in [1.165, 1.54) is 12.1 Å². The number of hydrogen-bond donors (Lipinski definition) is 1. The summed E-state index contributed by atoms with van der Waals surface area (Å²) in [6.45, 7) is 3.19. The van der Waals surface area contributed by atoms with E-state index >= 15 is 0 Å². The van der Waals surface area contributed by atoms with Crippen molar-refractivity contribution in [2.45, 2.75) is 19.4 Å². The van der Waals surface area contributed by atoms with Crippen molar-refractivity contribution in [1.82, 2.24) is 0 Å². The molecule has 0 saturated heterocycles. The Morgan fingerprint density at radius 2 is 1.77 bits per heavy atom. The zero-order chi connectivity index (χ0) is 10.2. The van der Waals surface area contributed by atoms with Crippen LogP contribution in [0.25, 0.3) is 0 Å². The van der Waals surface area contributed by atoms with E-state index in [1.54, 1.807) is 13.8 Å². The van der Waals surface area contributed by atoms with Crippen LogP contribution >= 0.6 is 11.6 Å². The maximum absolute atomic E-state index is 13.2. The lowest BCUT2D eigenvalue weighted by atomic mass is 9.95. The summed E-state index contributed by atoms with van der Waals surface area (Å²) in [4.78, 5) is 0. The van der Waals surface area contributed by atoms with Crippen LogP contribution in [0.4, 0.5) is 8.78 Å². The summed E-state index contributed by atoms with van der Waals surface area (Å²) in [7, 11) is 0. The van der Waals surface area contributed by atoms with Gasteiger partial charge >= 0.3 is 0 Å². The van der Waals surface area contributed by atoms with Gasteiger partial charge in [-0.15, -0.1) is 0 Å². The predicted molar refractivity (Wildman–Crippen MR) is 48.6 cm³/mol. The summed E-state index contributed by atoms with van der Waals surface area (Å²) in [6.07, 6.45) is 0. The van der Waals surface area contributed by atoms with E-state index in [9.17, 15) is 8.78 Å². The molecule has 0 bridgehead atoms. The molecule has 1 aromatic rings. The molecule has 1 aromatic carbocycles. The monoisotopic (exact) mass is 205 g/mol. The summed E-state index contributed by atoms with van der Waals surface area (Å²) in [5.74, 6) is -2.02. The molecule has 0 heterocycles. The summed E-state index contributed by atoms with van der Waals surface area (Å²) >= 11 is 5.38. The van der Waals surface area contributed by atoms with E-state index in [2.05, 4.69) is 0 Å². The van der Waals surface area contributed by atoms with Crippen LogP contribution in [0.3, 0.4) is 0 Å². The zero-order valence-electron chi connectivity index (χ0n) is 7.37. The second kappa shape index (κ2) is 3.24. The van der Waals surface area contributed by atoms with E-state index in [0.29, 0.717) is 0 Å². The smallest absolute Gasteiger partial charge is 0.177 e.